The van der Waals surface area contributed by atoms with E-state index in [2.05, 4.69) is 34.7 Å². The third-order valence-electron chi connectivity index (χ3n) is 5.14. The molecule has 6 heteroatoms. The molecule has 1 amide bonds. The second-order valence-corrected chi connectivity index (χ2v) is 7.44. The molecule has 0 aliphatic carbocycles. The Labute approximate surface area is 164 Å². The fourth-order valence-corrected chi connectivity index (χ4v) is 3.80. The number of hydrogen-bond acceptors (Lipinski definition) is 4. The van der Waals surface area contributed by atoms with Crippen LogP contribution in [0, 0.1) is 27.7 Å². The van der Waals surface area contributed by atoms with Gasteiger partial charge in [-0.05, 0) is 51.0 Å². The summed E-state index contributed by atoms with van der Waals surface area (Å²) in [5, 5.41) is 11.5. The first kappa shape index (κ1) is 18.2. The van der Waals surface area contributed by atoms with Gasteiger partial charge in [0.05, 0.1) is 24.0 Å². The van der Waals surface area contributed by atoms with E-state index in [0.717, 1.165) is 45.8 Å². The summed E-state index contributed by atoms with van der Waals surface area (Å²) < 4.78 is 7.54. The van der Waals surface area contributed by atoms with E-state index in [0.29, 0.717) is 12.3 Å². The van der Waals surface area contributed by atoms with E-state index in [9.17, 15) is 4.79 Å². The van der Waals surface area contributed by atoms with Gasteiger partial charge in [-0.3, -0.25) is 4.79 Å². The Morgan fingerprint density at radius 2 is 1.96 bits per heavy atom. The molecular formula is C22H24N4O2. The number of aryl methyl sites for hydroxylation is 3. The molecule has 6 nitrogen and oxygen atoms in total. The zero-order chi connectivity index (χ0) is 19.8. The summed E-state index contributed by atoms with van der Waals surface area (Å²) in [6.07, 6.45) is 0.729. The van der Waals surface area contributed by atoms with Crippen molar-refractivity contribution in [3.05, 3.63) is 70.0 Å². The van der Waals surface area contributed by atoms with Gasteiger partial charge in [0.25, 0.3) is 5.91 Å². The Hall–Kier alpha value is -3.15. The van der Waals surface area contributed by atoms with Crippen LogP contribution in [0.3, 0.4) is 0 Å². The van der Waals surface area contributed by atoms with Crippen molar-refractivity contribution in [2.45, 2.75) is 40.2 Å². The highest BCUT2D eigenvalue weighted by Gasteiger charge is 2.27. The monoisotopic (exact) mass is 376 g/mol. The van der Waals surface area contributed by atoms with E-state index in [-0.39, 0.29) is 11.9 Å². The molecule has 28 heavy (non-hydrogen) atoms. The number of nitrogens with zero attached hydrogens (tertiary/aromatic N) is 3. The maximum atomic E-state index is 13.0. The number of ether oxygens (including phenoxy) is 1. The van der Waals surface area contributed by atoms with Crippen LogP contribution in [0.4, 0.5) is 0 Å². The van der Waals surface area contributed by atoms with E-state index < -0.39 is 0 Å². The van der Waals surface area contributed by atoms with Gasteiger partial charge in [-0.2, -0.15) is 0 Å². The minimum atomic E-state index is -0.214. The molecule has 0 saturated heterocycles. The minimum absolute atomic E-state index is 0.0987. The van der Waals surface area contributed by atoms with Gasteiger partial charge in [-0.1, -0.05) is 35.0 Å². The normalized spacial score (nSPS) is 15.6. The molecule has 2 aromatic carbocycles. The Balaban J connectivity index is 1.61. The summed E-state index contributed by atoms with van der Waals surface area (Å²) in [5.41, 5.74) is 6.36. The molecule has 1 aliphatic heterocycles. The van der Waals surface area contributed by atoms with Crippen LogP contribution in [0.5, 0.6) is 5.75 Å². The van der Waals surface area contributed by atoms with Gasteiger partial charge < -0.3 is 10.1 Å². The average molecular weight is 376 g/mol. The number of hydrogen-bond donors (Lipinski definition) is 1. The topological polar surface area (TPSA) is 69.0 Å². The predicted octanol–water partition coefficient (Wildman–Crippen LogP) is 3.75. The van der Waals surface area contributed by atoms with Crippen molar-refractivity contribution < 1.29 is 9.53 Å². The van der Waals surface area contributed by atoms with Crippen LogP contribution in [0.15, 0.2) is 36.4 Å². The van der Waals surface area contributed by atoms with E-state index >= 15 is 0 Å². The van der Waals surface area contributed by atoms with Gasteiger partial charge in [0.1, 0.15) is 5.75 Å². The Morgan fingerprint density at radius 3 is 2.75 bits per heavy atom. The molecule has 0 radical (unpaired) electrons. The molecule has 0 bridgehead atoms. The third-order valence-corrected chi connectivity index (χ3v) is 5.14. The second kappa shape index (κ2) is 7.11. The van der Waals surface area contributed by atoms with Crippen molar-refractivity contribution in [2.75, 3.05) is 6.61 Å². The Morgan fingerprint density at radius 1 is 1.14 bits per heavy atom. The molecule has 0 saturated carbocycles. The van der Waals surface area contributed by atoms with Gasteiger partial charge in [-0.25, -0.2) is 4.68 Å². The van der Waals surface area contributed by atoms with Crippen LogP contribution < -0.4 is 10.1 Å². The van der Waals surface area contributed by atoms with Gasteiger partial charge in [0, 0.05) is 12.0 Å². The first-order chi connectivity index (χ1) is 13.4. The summed E-state index contributed by atoms with van der Waals surface area (Å²) in [6, 6.07) is 12.0. The summed E-state index contributed by atoms with van der Waals surface area (Å²) in [7, 11) is 0. The van der Waals surface area contributed by atoms with E-state index in [1.165, 1.54) is 0 Å². The largest absolute Gasteiger partial charge is 0.493 e. The van der Waals surface area contributed by atoms with Crippen LogP contribution in [0.2, 0.25) is 0 Å². The molecule has 2 heterocycles. The highest BCUT2D eigenvalue weighted by molar-refractivity contribution is 5.93. The number of aromatic nitrogens is 3. The quantitative estimate of drug-likeness (QED) is 0.756. The number of nitrogens with one attached hydrogen (secondary N) is 1. The smallest absolute Gasteiger partial charge is 0.274 e. The van der Waals surface area contributed by atoms with E-state index in [1.54, 1.807) is 4.68 Å². The van der Waals surface area contributed by atoms with Gasteiger partial charge in [0.15, 0.2) is 5.69 Å². The first-order valence-electron chi connectivity index (χ1n) is 9.48. The summed E-state index contributed by atoms with van der Waals surface area (Å²) >= 11 is 0. The number of rotatable bonds is 3. The molecule has 1 atom stereocenters. The van der Waals surface area contributed by atoms with Gasteiger partial charge >= 0.3 is 0 Å². The summed E-state index contributed by atoms with van der Waals surface area (Å²) in [5.74, 6) is 0.663. The van der Waals surface area contributed by atoms with Crippen LogP contribution in [-0.2, 0) is 0 Å². The molecule has 4 rings (SSSR count). The Bertz CT molecular complexity index is 1050. The highest BCUT2D eigenvalue weighted by atomic mass is 16.5. The van der Waals surface area contributed by atoms with Crippen molar-refractivity contribution >= 4 is 5.91 Å². The number of benzene rings is 2. The molecule has 1 aliphatic rings. The van der Waals surface area contributed by atoms with E-state index in [4.69, 9.17) is 4.74 Å². The van der Waals surface area contributed by atoms with Crippen molar-refractivity contribution in [2.24, 2.45) is 0 Å². The fourth-order valence-electron chi connectivity index (χ4n) is 3.80. The predicted molar refractivity (Wildman–Crippen MR) is 107 cm³/mol. The van der Waals surface area contributed by atoms with Crippen LogP contribution >= 0.6 is 0 Å². The molecule has 1 unspecified atom stereocenters. The summed E-state index contributed by atoms with van der Waals surface area (Å²) in [6.45, 7) is 8.56. The third kappa shape index (κ3) is 3.26. The summed E-state index contributed by atoms with van der Waals surface area (Å²) in [4.78, 5) is 13.0. The lowest BCUT2D eigenvalue weighted by Gasteiger charge is -2.28. The zero-order valence-electron chi connectivity index (χ0n) is 16.6. The molecule has 144 valence electrons. The van der Waals surface area contributed by atoms with Gasteiger partial charge in [0.2, 0.25) is 0 Å². The van der Waals surface area contributed by atoms with Crippen LogP contribution in [0.1, 0.15) is 50.9 Å². The maximum absolute atomic E-state index is 13.0. The lowest BCUT2D eigenvalue weighted by Crippen LogP contribution is -2.33. The number of carbonyl (C=O) groups excluding carboxylic acids is 1. The molecule has 0 fully saturated rings. The molecule has 3 aromatic rings. The minimum Gasteiger partial charge on any atom is -0.493 e. The standard InChI is InChI=1S/C22H24N4O2/c1-13-6-5-7-17(11-13)26-16(4)20(24-25-26)22(27)23-19-8-9-28-21-15(3)10-14(2)12-18(19)21/h5-7,10-12,19H,8-9H2,1-4H3,(H,23,27). The second-order valence-electron chi connectivity index (χ2n) is 7.44. The number of fused-ring (bicyclic) bond motifs is 1. The van der Waals surface area contributed by atoms with Crippen molar-refractivity contribution in [1.29, 1.82) is 0 Å². The highest BCUT2D eigenvalue weighted by Crippen LogP contribution is 2.35. The van der Waals surface area contributed by atoms with Crippen molar-refractivity contribution in [3.63, 3.8) is 0 Å². The molecule has 1 N–H and O–H groups in total. The van der Waals surface area contributed by atoms with Gasteiger partial charge in [-0.15, -0.1) is 5.10 Å². The fraction of sp³-hybridized carbons (Fsp3) is 0.318. The van der Waals surface area contributed by atoms with Crippen LogP contribution in [0.25, 0.3) is 5.69 Å². The van der Waals surface area contributed by atoms with Crippen molar-refractivity contribution in [3.8, 4) is 11.4 Å². The first-order valence-corrected chi connectivity index (χ1v) is 9.48. The lowest BCUT2D eigenvalue weighted by molar-refractivity contribution is 0.0918. The molecule has 1 aromatic heterocycles. The SMILES string of the molecule is Cc1cccc(-n2nnc(C(=O)NC3CCOc4c(C)cc(C)cc43)c2C)c1. The maximum Gasteiger partial charge on any atom is 0.274 e. The zero-order valence-corrected chi connectivity index (χ0v) is 16.6. The number of amides is 1. The van der Waals surface area contributed by atoms with Crippen molar-refractivity contribution in [1.82, 2.24) is 20.3 Å². The Kier molecular flexibility index (Phi) is 4.63. The average Bonchev–Trinajstić information content (AvgIpc) is 3.04. The number of carbonyl (C=O) groups is 1. The molecule has 0 spiro atoms. The molecular weight excluding hydrogens is 352 g/mol. The lowest BCUT2D eigenvalue weighted by atomic mass is 9.95. The van der Waals surface area contributed by atoms with E-state index in [1.807, 2.05) is 45.0 Å². The van der Waals surface area contributed by atoms with Crippen LogP contribution in [-0.4, -0.2) is 27.5 Å².